The standard InChI is InChI=1S/C19H19N3O2S/c23-19(22-10-9-12-5-6-13(11-22)20-12)16-8-7-15(24-16)18-21-14-3-1-2-4-17(14)25-18/h1-4,7-8,12-13,20H,5-6,9-11H2. The molecule has 0 spiro atoms. The zero-order valence-corrected chi connectivity index (χ0v) is 14.6. The van der Waals surface area contributed by atoms with E-state index in [-0.39, 0.29) is 5.91 Å². The van der Waals surface area contributed by atoms with Crippen LogP contribution in [-0.4, -0.2) is 41.0 Å². The van der Waals surface area contributed by atoms with Gasteiger partial charge in [0.15, 0.2) is 16.5 Å². The maximum absolute atomic E-state index is 12.8. The summed E-state index contributed by atoms with van der Waals surface area (Å²) in [6, 6.07) is 12.6. The number of rotatable bonds is 2. The van der Waals surface area contributed by atoms with Crippen molar-refractivity contribution in [2.24, 2.45) is 0 Å². The summed E-state index contributed by atoms with van der Waals surface area (Å²) in [5.74, 6) is 1.06. The first-order valence-electron chi connectivity index (χ1n) is 8.77. The van der Waals surface area contributed by atoms with Crippen LogP contribution in [0.1, 0.15) is 29.8 Å². The first-order chi connectivity index (χ1) is 12.3. The van der Waals surface area contributed by atoms with Gasteiger partial charge in [-0.25, -0.2) is 4.98 Å². The number of fused-ring (bicyclic) bond motifs is 3. The molecule has 4 heterocycles. The van der Waals surface area contributed by atoms with Crippen molar-refractivity contribution >= 4 is 27.5 Å². The van der Waals surface area contributed by atoms with Gasteiger partial charge in [0.2, 0.25) is 0 Å². The van der Waals surface area contributed by atoms with Crippen LogP contribution in [0.25, 0.3) is 21.0 Å². The van der Waals surface area contributed by atoms with Crippen LogP contribution < -0.4 is 5.32 Å². The summed E-state index contributed by atoms with van der Waals surface area (Å²) in [6.07, 6.45) is 3.41. The minimum Gasteiger partial charge on any atom is -0.448 e. The number of aromatic nitrogens is 1. The number of nitrogens with zero attached hydrogens (tertiary/aromatic N) is 2. The molecule has 0 aliphatic carbocycles. The highest BCUT2D eigenvalue weighted by atomic mass is 32.1. The van der Waals surface area contributed by atoms with E-state index in [1.165, 1.54) is 6.42 Å². The fourth-order valence-corrected chi connectivity index (χ4v) is 4.76. The van der Waals surface area contributed by atoms with Crippen molar-refractivity contribution < 1.29 is 9.21 Å². The Morgan fingerprint density at radius 1 is 1.16 bits per heavy atom. The van der Waals surface area contributed by atoms with E-state index < -0.39 is 0 Å². The first-order valence-corrected chi connectivity index (χ1v) is 9.59. The molecule has 0 saturated carbocycles. The molecular weight excluding hydrogens is 334 g/mol. The van der Waals surface area contributed by atoms with Gasteiger partial charge in [-0.1, -0.05) is 12.1 Å². The van der Waals surface area contributed by atoms with E-state index in [2.05, 4.69) is 10.3 Å². The van der Waals surface area contributed by atoms with Gasteiger partial charge in [-0.05, 0) is 43.5 Å². The molecule has 2 unspecified atom stereocenters. The molecule has 2 bridgehead atoms. The zero-order valence-electron chi connectivity index (χ0n) is 13.8. The Morgan fingerprint density at radius 3 is 2.96 bits per heavy atom. The molecule has 0 radical (unpaired) electrons. The van der Waals surface area contributed by atoms with Gasteiger partial charge in [0.1, 0.15) is 0 Å². The van der Waals surface area contributed by atoms with E-state index in [1.807, 2.05) is 35.2 Å². The van der Waals surface area contributed by atoms with Gasteiger partial charge < -0.3 is 14.6 Å². The highest BCUT2D eigenvalue weighted by Gasteiger charge is 2.32. The Kier molecular flexibility index (Phi) is 3.60. The number of likely N-dealkylation sites (tertiary alicyclic amines) is 1. The monoisotopic (exact) mass is 353 g/mol. The van der Waals surface area contributed by atoms with Crippen molar-refractivity contribution in [1.29, 1.82) is 0 Å². The van der Waals surface area contributed by atoms with E-state index in [1.54, 1.807) is 17.4 Å². The highest BCUT2D eigenvalue weighted by Crippen LogP contribution is 2.31. The van der Waals surface area contributed by atoms with Crippen molar-refractivity contribution in [2.75, 3.05) is 13.1 Å². The van der Waals surface area contributed by atoms with Gasteiger partial charge in [-0.3, -0.25) is 4.79 Å². The number of benzene rings is 1. The molecule has 2 aliphatic heterocycles. The lowest BCUT2D eigenvalue weighted by atomic mass is 10.1. The van der Waals surface area contributed by atoms with Gasteiger partial charge >= 0.3 is 0 Å². The number of carbonyl (C=O) groups excluding carboxylic acids is 1. The van der Waals surface area contributed by atoms with Gasteiger partial charge in [0.25, 0.3) is 5.91 Å². The molecule has 5 rings (SSSR count). The summed E-state index contributed by atoms with van der Waals surface area (Å²) in [6.45, 7) is 1.57. The molecule has 6 heteroatoms. The largest absolute Gasteiger partial charge is 0.448 e. The van der Waals surface area contributed by atoms with Crippen molar-refractivity contribution in [3.63, 3.8) is 0 Å². The van der Waals surface area contributed by atoms with E-state index in [9.17, 15) is 4.79 Å². The van der Waals surface area contributed by atoms with E-state index >= 15 is 0 Å². The minimum absolute atomic E-state index is 0.0123. The number of thiazole rings is 1. The summed E-state index contributed by atoms with van der Waals surface area (Å²) < 4.78 is 6.99. The maximum atomic E-state index is 12.8. The molecule has 3 aromatic rings. The van der Waals surface area contributed by atoms with Crippen molar-refractivity contribution in [3.05, 3.63) is 42.2 Å². The predicted molar refractivity (Wildman–Crippen MR) is 97.8 cm³/mol. The topological polar surface area (TPSA) is 58.4 Å². The molecule has 2 saturated heterocycles. The van der Waals surface area contributed by atoms with E-state index in [0.717, 1.165) is 41.2 Å². The fraction of sp³-hybridized carbons (Fsp3) is 0.368. The maximum Gasteiger partial charge on any atom is 0.289 e. The van der Waals surface area contributed by atoms with Crippen LogP contribution in [0.4, 0.5) is 0 Å². The van der Waals surface area contributed by atoms with Gasteiger partial charge in [0, 0.05) is 25.2 Å². The number of carbonyl (C=O) groups is 1. The lowest BCUT2D eigenvalue weighted by molar-refractivity contribution is 0.0717. The molecule has 1 N–H and O–H groups in total. The second-order valence-electron chi connectivity index (χ2n) is 6.83. The molecule has 25 heavy (non-hydrogen) atoms. The highest BCUT2D eigenvalue weighted by molar-refractivity contribution is 7.21. The van der Waals surface area contributed by atoms with Crippen LogP contribution in [0.5, 0.6) is 0 Å². The molecule has 1 aromatic carbocycles. The van der Waals surface area contributed by atoms with Crippen LogP contribution in [-0.2, 0) is 0 Å². The minimum atomic E-state index is -0.0123. The number of nitrogens with one attached hydrogen (secondary N) is 1. The lowest BCUT2D eigenvalue weighted by Crippen LogP contribution is -2.38. The van der Waals surface area contributed by atoms with Crippen molar-refractivity contribution in [3.8, 4) is 10.8 Å². The van der Waals surface area contributed by atoms with Crippen molar-refractivity contribution in [2.45, 2.75) is 31.3 Å². The van der Waals surface area contributed by atoms with Gasteiger partial charge in [0.05, 0.1) is 10.2 Å². The van der Waals surface area contributed by atoms with Crippen molar-refractivity contribution in [1.82, 2.24) is 15.2 Å². The predicted octanol–water partition coefficient (Wildman–Crippen LogP) is 3.52. The summed E-state index contributed by atoms with van der Waals surface area (Å²) in [5, 5.41) is 4.42. The Bertz CT molecular complexity index is 899. The van der Waals surface area contributed by atoms with Crippen LogP contribution >= 0.6 is 11.3 Å². The van der Waals surface area contributed by atoms with Crippen LogP contribution in [0.2, 0.25) is 0 Å². The molecule has 1 amide bonds. The SMILES string of the molecule is O=C(c1ccc(-c2nc3ccccc3s2)o1)N1CCC2CCC(C1)N2. The quantitative estimate of drug-likeness (QED) is 0.766. The van der Waals surface area contributed by atoms with Crippen LogP contribution in [0.3, 0.4) is 0 Å². The number of furan rings is 1. The third kappa shape index (κ3) is 2.75. The average Bonchev–Trinajstić information content (AvgIpc) is 3.31. The number of hydrogen-bond donors (Lipinski definition) is 1. The smallest absolute Gasteiger partial charge is 0.289 e. The Morgan fingerprint density at radius 2 is 2.04 bits per heavy atom. The first kappa shape index (κ1) is 15.1. The van der Waals surface area contributed by atoms with E-state index in [0.29, 0.717) is 23.6 Å². The molecular formula is C19H19N3O2S. The summed E-state index contributed by atoms with van der Waals surface area (Å²) >= 11 is 1.58. The second-order valence-corrected chi connectivity index (χ2v) is 7.86. The molecule has 2 fully saturated rings. The number of para-hydroxylation sites is 1. The Labute approximate surface area is 149 Å². The summed E-state index contributed by atoms with van der Waals surface area (Å²) in [5.41, 5.74) is 0.960. The van der Waals surface area contributed by atoms with E-state index in [4.69, 9.17) is 4.42 Å². The third-order valence-corrected chi connectivity index (χ3v) is 6.18. The fourth-order valence-electron chi connectivity index (χ4n) is 3.83. The number of hydrogen-bond acceptors (Lipinski definition) is 5. The summed E-state index contributed by atoms with van der Waals surface area (Å²) in [7, 11) is 0. The molecule has 2 aliphatic rings. The average molecular weight is 353 g/mol. The second kappa shape index (κ2) is 5.97. The molecule has 2 aromatic heterocycles. The summed E-state index contributed by atoms with van der Waals surface area (Å²) in [4.78, 5) is 19.4. The normalized spacial score (nSPS) is 23.1. The van der Waals surface area contributed by atoms with Crippen LogP contribution in [0, 0.1) is 0 Å². The zero-order chi connectivity index (χ0) is 16.8. The lowest BCUT2D eigenvalue weighted by Gasteiger charge is -2.23. The molecule has 2 atom stereocenters. The van der Waals surface area contributed by atoms with Gasteiger partial charge in [-0.2, -0.15) is 0 Å². The third-order valence-electron chi connectivity index (χ3n) is 5.13. The Hall–Kier alpha value is -2.18. The number of amides is 1. The van der Waals surface area contributed by atoms with Crippen LogP contribution in [0.15, 0.2) is 40.8 Å². The molecule has 128 valence electrons. The van der Waals surface area contributed by atoms with Gasteiger partial charge in [-0.15, -0.1) is 11.3 Å². The Balaban J connectivity index is 1.39. The molecule has 5 nitrogen and oxygen atoms in total.